The third-order valence-electron chi connectivity index (χ3n) is 15.1. The lowest BCUT2D eigenvalue weighted by Gasteiger charge is -2.64. The van der Waals surface area contributed by atoms with Crippen LogP contribution >= 0.6 is 0 Å². The van der Waals surface area contributed by atoms with Gasteiger partial charge in [-0.3, -0.25) is 0 Å². The lowest BCUT2D eigenvalue weighted by Crippen LogP contribution is -2.62. The maximum Gasteiger partial charge on any atom is 0.164 e. The molecule has 57 heavy (non-hydrogen) atoms. The molecule has 3 nitrogen and oxygen atoms in total. The third-order valence-corrected chi connectivity index (χ3v) is 15.1. The van der Waals surface area contributed by atoms with Crippen LogP contribution in [0.25, 0.3) is 78.3 Å². The second kappa shape index (κ2) is 11.7. The van der Waals surface area contributed by atoms with Crippen molar-refractivity contribution in [2.24, 2.45) is 29.1 Å². The first-order valence-corrected chi connectivity index (χ1v) is 20.9. The molecule has 4 atom stereocenters. The molecule has 13 rings (SSSR count). The Morgan fingerprint density at radius 1 is 0.386 bits per heavy atom. The molecule has 3 heteroatoms. The molecule has 2 spiro atoms. The SMILES string of the molecule is c1ccc(-c2cccc(-c3nc(-c4cccc(-c5ccccc5)c4)nc(-c4cccc5c4-c4cc6ccccc6cc4C54C5CC6CC7CC4C5(C6)C7)n3)c2)cc1. The van der Waals surface area contributed by atoms with Gasteiger partial charge in [0.1, 0.15) is 0 Å². The van der Waals surface area contributed by atoms with E-state index in [4.69, 9.17) is 15.0 Å². The number of nitrogens with zero attached hydrogens (tertiary/aromatic N) is 3. The van der Waals surface area contributed by atoms with Gasteiger partial charge in [-0.1, -0.05) is 140 Å². The highest BCUT2D eigenvalue weighted by Crippen LogP contribution is 2.85. The van der Waals surface area contributed by atoms with Crippen LogP contribution in [0.1, 0.15) is 43.2 Å². The molecule has 4 fully saturated rings. The molecule has 5 aliphatic carbocycles. The maximum atomic E-state index is 5.45. The van der Waals surface area contributed by atoms with Crippen LogP contribution in [0.15, 0.2) is 164 Å². The Labute approximate surface area is 333 Å². The van der Waals surface area contributed by atoms with E-state index in [1.807, 2.05) is 0 Å². The van der Waals surface area contributed by atoms with Gasteiger partial charge >= 0.3 is 0 Å². The topological polar surface area (TPSA) is 38.7 Å². The summed E-state index contributed by atoms with van der Waals surface area (Å²) in [6.45, 7) is 0. The molecule has 0 aliphatic heterocycles. The molecule has 1 aromatic heterocycles. The number of fused-ring (bicyclic) bond motifs is 10. The Bertz CT molecular complexity index is 2810. The summed E-state index contributed by atoms with van der Waals surface area (Å²) in [7, 11) is 0. The molecule has 272 valence electrons. The molecule has 4 saturated carbocycles. The average Bonchev–Trinajstić information content (AvgIpc) is 3.80. The van der Waals surface area contributed by atoms with Crippen LogP contribution in [0.2, 0.25) is 0 Å². The highest BCUT2D eigenvalue weighted by molar-refractivity contribution is 5.99. The van der Waals surface area contributed by atoms with Gasteiger partial charge in [0.15, 0.2) is 17.5 Å². The first-order chi connectivity index (χ1) is 28.2. The molecule has 5 aliphatic rings. The molecule has 0 amide bonds. The van der Waals surface area contributed by atoms with Gasteiger partial charge in [-0.25, -0.2) is 15.0 Å². The predicted molar refractivity (Wildman–Crippen MR) is 230 cm³/mol. The van der Waals surface area contributed by atoms with Gasteiger partial charge < -0.3 is 0 Å². The first kappa shape index (κ1) is 32.0. The van der Waals surface area contributed by atoms with Gasteiger partial charge in [0.05, 0.1) is 0 Å². The van der Waals surface area contributed by atoms with E-state index < -0.39 is 0 Å². The summed E-state index contributed by atoms with van der Waals surface area (Å²) < 4.78 is 0. The first-order valence-electron chi connectivity index (χ1n) is 20.9. The number of aromatic nitrogens is 3. The lowest BCUT2D eigenvalue weighted by molar-refractivity contribution is -0.0819. The summed E-state index contributed by atoms with van der Waals surface area (Å²) in [6, 6.07) is 59.6. The number of benzene rings is 7. The Hall–Kier alpha value is -6.19. The summed E-state index contributed by atoms with van der Waals surface area (Å²) in [5.74, 6) is 5.31. The molecule has 4 unspecified atom stereocenters. The van der Waals surface area contributed by atoms with E-state index in [1.54, 1.807) is 5.56 Å². The second-order valence-electron chi connectivity index (χ2n) is 17.7. The van der Waals surface area contributed by atoms with Crippen molar-refractivity contribution in [2.75, 3.05) is 0 Å². The van der Waals surface area contributed by atoms with Gasteiger partial charge in [-0.2, -0.15) is 0 Å². The fourth-order valence-electron chi connectivity index (χ4n) is 13.3. The van der Waals surface area contributed by atoms with E-state index in [2.05, 4.69) is 164 Å². The van der Waals surface area contributed by atoms with Crippen LogP contribution in [0.3, 0.4) is 0 Å². The minimum Gasteiger partial charge on any atom is -0.208 e. The van der Waals surface area contributed by atoms with Gasteiger partial charge in [-0.15, -0.1) is 0 Å². The van der Waals surface area contributed by atoms with Crippen molar-refractivity contribution < 1.29 is 0 Å². The minimum atomic E-state index is 0.0569. The fourth-order valence-corrected chi connectivity index (χ4v) is 13.3. The Kier molecular flexibility index (Phi) is 6.55. The lowest BCUT2D eigenvalue weighted by atomic mass is 9.38. The van der Waals surface area contributed by atoms with E-state index in [9.17, 15) is 0 Å². The number of rotatable bonds is 5. The molecule has 0 saturated heterocycles. The Morgan fingerprint density at radius 3 is 1.51 bits per heavy atom. The smallest absolute Gasteiger partial charge is 0.164 e. The summed E-state index contributed by atoms with van der Waals surface area (Å²) in [4.78, 5) is 16.2. The van der Waals surface area contributed by atoms with Crippen LogP contribution in [-0.4, -0.2) is 15.0 Å². The third kappa shape index (κ3) is 4.40. The van der Waals surface area contributed by atoms with E-state index in [-0.39, 0.29) is 5.41 Å². The van der Waals surface area contributed by atoms with E-state index in [1.165, 1.54) is 70.7 Å². The molecule has 8 aromatic rings. The predicted octanol–water partition coefficient (Wildman–Crippen LogP) is 13.1. The van der Waals surface area contributed by atoms with Crippen LogP contribution in [0.4, 0.5) is 0 Å². The molecule has 3 bridgehead atoms. The quantitative estimate of drug-likeness (QED) is 0.177. The highest BCUT2D eigenvalue weighted by atomic mass is 15.0. The zero-order valence-corrected chi connectivity index (χ0v) is 31.8. The monoisotopic (exact) mass is 731 g/mol. The van der Waals surface area contributed by atoms with Gasteiger partial charge in [0, 0.05) is 22.1 Å². The zero-order valence-electron chi connectivity index (χ0n) is 31.8. The van der Waals surface area contributed by atoms with Gasteiger partial charge in [0.2, 0.25) is 0 Å². The molecular formula is C54H41N3. The minimum absolute atomic E-state index is 0.0569. The zero-order chi connectivity index (χ0) is 37.3. The summed E-state index contributed by atoms with van der Waals surface area (Å²) >= 11 is 0. The highest BCUT2D eigenvalue weighted by Gasteiger charge is 2.79. The molecule has 0 N–H and O–H groups in total. The molecule has 1 heterocycles. The van der Waals surface area contributed by atoms with Crippen molar-refractivity contribution >= 4 is 10.8 Å². The van der Waals surface area contributed by atoms with Crippen molar-refractivity contribution in [3.63, 3.8) is 0 Å². The fraction of sp³-hybridized carbons (Fsp3) is 0.204. The number of hydrogen-bond acceptors (Lipinski definition) is 3. The van der Waals surface area contributed by atoms with E-state index in [0.29, 0.717) is 28.9 Å². The number of hydrogen-bond donors (Lipinski definition) is 0. The second-order valence-corrected chi connectivity index (χ2v) is 17.7. The van der Waals surface area contributed by atoms with Crippen LogP contribution in [0, 0.1) is 29.1 Å². The van der Waals surface area contributed by atoms with Crippen LogP contribution in [-0.2, 0) is 5.41 Å². The Morgan fingerprint density at radius 2 is 0.895 bits per heavy atom. The summed E-state index contributed by atoms with van der Waals surface area (Å²) in [5.41, 5.74) is 14.1. The maximum absolute atomic E-state index is 5.45. The van der Waals surface area contributed by atoms with Crippen molar-refractivity contribution in [3.05, 3.63) is 175 Å². The van der Waals surface area contributed by atoms with Gasteiger partial charge in [-0.05, 0) is 141 Å². The Balaban J connectivity index is 1.05. The molecule has 7 aromatic carbocycles. The average molecular weight is 732 g/mol. The standard InChI is InChI=1S/C54H41N3/c1-3-12-35(13-4-1)37-18-9-20-41(27-37)50-55-51(42-21-10-19-38(28-42)36-14-5-2-6-15-36)57-52(56-50)43-22-11-23-45-49(43)44-29-39-16-7-8-17-40(39)30-46(44)54(45)47-25-33-24-34-26-48(54)53(47,31-33)32-34/h1-23,27-30,33-34,47-48H,24-26,31-32H2. The summed E-state index contributed by atoms with van der Waals surface area (Å²) in [5, 5.41) is 2.65. The van der Waals surface area contributed by atoms with Crippen molar-refractivity contribution in [1.29, 1.82) is 0 Å². The summed E-state index contributed by atoms with van der Waals surface area (Å²) in [6.07, 6.45) is 7.10. The van der Waals surface area contributed by atoms with Crippen LogP contribution in [0.5, 0.6) is 0 Å². The van der Waals surface area contributed by atoms with Gasteiger partial charge in [0.25, 0.3) is 0 Å². The molecule has 0 radical (unpaired) electrons. The van der Waals surface area contributed by atoms with E-state index >= 15 is 0 Å². The van der Waals surface area contributed by atoms with Crippen molar-refractivity contribution in [2.45, 2.75) is 37.5 Å². The normalized spacial score (nSPS) is 25.7. The molecular weight excluding hydrogens is 691 g/mol. The van der Waals surface area contributed by atoms with E-state index in [0.717, 1.165) is 45.5 Å². The largest absolute Gasteiger partial charge is 0.208 e. The van der Waals surface area contributed by atoms with Crippen molar-refractivity contribution in [3.8, 4) is 67.5 Å². The van der Waals surface area contributed by atoms with Crippen LogP contribution < -0.4 is 0 Å². The van der Waals surface area contributed by atoms with Crippen molar-refractivity contribution in [1.82, 2.24) is 15.0 Å².